The van der Waals surface area contributed by atoms with Crippen LogP contribution in [0.15, 0.2) is 0 Å². The molecule has 0 bridgehead atoms. The molecule has 0 aliphatic heterocycles. The van der Waals surface area contributed by atoms with Gasteiger partial charge in [-0.1, -0.05) is 11.3 Å². The van der Waals surface area contributed by atoms with Crippen molar-refractivity contribution in [1.29, 1.82) is 0 Å². The number of carbonyl (C=O) groups excluding carboxylic acids is 1. The molecule has 0 unspecified atom stereocenters. The molecule has 2 N–H and O–H groups in total. The largest absolute Gasteiger partial charge is 0.481 e. The number of anilines is 1. The first-order chi connectivity index (χ1) is 7.97. The molecule has 0 fully saturated rings. The topological polar surface area (TPSA) is 95.4 Å². The van der Waals surface area contributed by atoms with Gasteiger partial charge in [-0.15, -0.1) is 10.2 Å². The van der Waals surface area contributed by atoms with E-state index in [1.165, 1.54) is 11.3 Å². The molecule has 0 saturated heterocycles. The SMILES string of the molecule is Cc1nnc(NC(=O)CN(C)CCC(=O)O)s1. The number of hydrogen-bond donors (Lipinski definition) is 2. The standard InChI is InChI=1S/C9H14N4O3S/c1-6-11-12-9(17-6)10-7(14)5-13(2)4-3-8(15)16/h3-5H2,1-2H3,(H,15,16)(H,10,12,14). The summed E-state index contributed by atoms with van der Waals surface area (Å²) in [6, 6.07) is 0. The molecule has 0 spiro atoms. The van der Waals surface area contributed by atoms with E-state index in [9.17, 15) is 9.59 Å². The number of nitrogens with one attached hydrogen (secondary N) is 1. The van der Waals surface area contributed by atoms with Crippen LogP contribution in [0, 0.1) is 6.92 Å². The maximum absolute atomic E-state index is 11.5. The predicted molar refractivity (Wildman–Crippen MR) is 63.0 cm³/mol. The normalized spacial score (nSPS) is 10.5. The molecule has 17 heavy (non-hydrogen) atoms. The number of aromatic nitrogens is 2. The van der Waals surface area contributed by atoms with E-state index in [1.807, 2.05) is 0 Å². The molecule has 1 aromatic heterocycles. The summed E-state index contributed by atoms with van der Waals surface area (Å²) in [7, 11) is 1.69. The summed E-state index contributed by atoms with van der Waals surface area (Å²) < 4.78 is 0. The Bertz CT molecular complexity index is 407. The molecule has 1 aromatic rings. The van der Waals surface area contributed by atoms with E-state index in [0.29, 0.717) is 11.7 Å². The summed E-state index contributed by atoms with van der Waals surface area (Å²) in [5, 5.41) is 19.9. The highest BCUT2D eigenvalue weighted by atomic mass is 32.1. The lowest BCUT2D eigenvalue weighted by Crippen LogP contribution is -2.31. The predicted octanol–water partition coefficient (Wildman–Crippen LogP) is 0.192. The van der Waals surface area contributed by atoms with Crippen LogP contribution < -0.4 is 5.32 Å². The summed E-state index contributed by atoms with van der Waals surface area (Å²) in [6.45, 7) is 2.26. The molecule has 1 rings (SSSR count). The van der Waals surface area contributed by atoms with Crippen LogP contribution in [0.2, 0.25) is 0 Å². The Balaban J connectivity index is 2.31. The molecule has 0 aliphatic rings. The van der Waals surface area contributed by atoms with Gasteiger partial charge in [-0.3, -0.25) is 19.8 Å². The van der Waals surface area contributed by atoms with E-state index in [-0.39, 0.29) is 18.9 Å². The number of aliphatic carboxylic acids is 1. The van der Waals surface area contributed by atoms with Crippen molar-refractivity contribution in [1.82, 2.24) is 15.1 Å². The Morgan fingerprint density at radius 1 is 1.47 bits per heavy atom. The van der Waals surface area contributed by atoms with Gasteiger partial charge >= 0.3 is 5.97 Å². The molecule has 0 atom stereocenters. The highest BCUT2D eigenvalue weighted by Gasteiger charge is 2.10. The van der Waals surface area contributed by atoms with Gasteiger partial charge in [0.15, 0.2) is 0 Å². The van der Waals surface area contributed by atoms with Crippen LogP contribution in [0.25, 0.3) is 0 Å². The van der Waals surface area contributed by atoms with Gasteiger partial charge < -0.3 is 5.11 Å². The molecule has 0 aliphatic carbocycles. The summed E-state index contributed by atoms with van der Waals surface area (Å²) in [5.41, 5.74) is 0. The van der Waals surface area contributed by atoms with Crippen LogP contribution in [0.4, 0.5) is 5.13 Å². The fourth-order valence-electron chi connectivity index (χ4n) is 1.12. The first-order valence-corrected chi connectivity index (χ1v) is 5.79. The molecule has 1 heterocycles. The summed E-state index contributed by atoms with van der Waals surface area (Å²) >= 11 is 1.29. The van der Waals surface area contributed by atoms with Crippen LogP contribution in [0.3, 0.4) is 0 Å². The highest BCUT2D eigenvalue weighted by Crippen LogP contribution is 2.13. The van der Waals surface area contributed by atoms with Gasteiger partial charge in [0.25, 0.3) is 0 Å². The van der Waals surface area contributed by atoms with Crippen molar-refractivity contribution in [3.05, 3.63) is 5.01 Å². The Morgan fingerprint density at radius 2 is 2.18 bits per heavy atom. The molecule has 7 nitrogen and oxygen atoms in total. The second kappa shape index (κ2) is 6.26. The van der Waals surface area contributed by atoms with E-state index in [1.54, 1.807) is 18.9 Å². The monoisotopic (exact) mass is 258 g/mol. The first kappa shape index (κ1) is 13.5. The van der Waals surface area contributed by atoms with Crippen molar-refractivity contribution >= 4 is 28.3 Å². The van der Waals surface area contributed by atoms with E-state index in [2.05, 4.69) is 15.5 Å². The maximum Gasteiger partial charge on any atom is 0.304 e. The Morgan fingerprint density at radius 3 is 2.71 bits per heavy atom. The van der Waals surface area contributed by atoms with E-state index in [4.69, 9.17) is 5.11 Å². The minimum Gasteiger partial charge on any atom is -0.481 e. The third kappa shape index (κ3) is 5.36. The molecule has 0 aromatic carbocycles. The Labute approximate surface area is 102 Å². The van der Waals surface area contributed by atoms with Gasteiger partial charge in [0.05, 0.1) is 13.0 Å². The van der Waals surface area contributed by atoms with Crippen LogP contribution >= 0.6 is 11.3 Å². The number of likely N-dealkylation sites (N-methyl/N-ethyl adjacent to an activating group) is 1. The average molecular weight is 258 g/mol. The van der Waals surface area contributed by atoms with Gasteiger partial charge in [0, 0.05) is 6.54 Å². The number of nitrogens with zero attached hydrogens (tertiary/aromatic N) is 3. The fourth-order valence-corrected chi connectivity index (χ4v) is 1.72. The minimum absolute atomic E-state index is 0.0156. The molecule has 1 amide bonds. The van der Waals surface area contributed by atoms with Crippen LogP contribution in [0.5, 0.6) is 0 Å². The van der Waals surface area contributed by atoms with Crippen molar-refractivity contribution < 1.29 is 14.7 Å². The quantitative estimate of drug-likeness (QED) is 0.756. The van der Waals surface area contributed by atoms with Crippen molar-refractivity contribution in [3.8, 4) is 0 Å². The Hall–Kier alpha value is -1.54. The lowest BCUT2D eigenvalue weighted by Gasteiger charge is -2.13. The van der Waals surface area contributed by atoms with Crippen molar-refractivity contribution in [2.45, 2.75) is 13.3 Å². The molecular weight excluding hydrogens is 244 g/mol. The highest BCUT2D eigenvalue weighted by molar-refractivity contribution is 7.15. The second-order valence-electron chi connectivity index (χ2n) is 3.56. The van der Waals surface area contributed by atoms with Gasteiger partial charge in [0.2, 0.25) is 11.0 Å². The fraction of sp³-hybridized carbons (Fsp3) is 0.556. The van der Waals surface area contributed by atoms with Crippen molar-refractivity contribution in [2.24, 2.45) is 0 Å². The third-order valence-corrected chi connectivity index (χ3v) is 2.65. The number of aryl methyl sites for hydroxylation is 1. The Kier molecular flexibility index (Phi) is 4.98. The summed E-state index contributed by atoms with van der Waals surface area (Å²) in [4.78, 5) is 23.5. The summed E-state index contributed by atoms with van der Waals surface area (Å²) in [6.07, 6.45) is 0.0156. The molecule has 8 heteroatoms. The van der Waals surface area contributed by atoms with Gasteiger partial charge in [-0.25, -0.2) is 0 Å². The van der Waals surface area contributed by atoms with Gasteiger partial charge in [-0.05, 0) is 14.0 Å². The number of carboxylic acids is 1. The number of hydrogen-bond acceptors (Lipinski definition) is 6. The first-order valence-electron chi connectivity index (χ1n) is 4.97. The average Bonchev–Trinajstić information content (AvgIpc) is 2.60. The van der Waals surface area contributed by atoms with Crippen LogP contribution in [-0.4, -0.2) is 52.2 Å². The molecule has 94 valence electrons. The summed E-state index contributed by atoms with van der Waals surface area (Å²) in [5.74, 6) is -1.11. The minimum atomic E-state index is -0.878. The number of rotatable bonds is 6. The van der Waals surface area contributed by atoms with Crippen LogP contribution in [-0.2, 0) is 9.59 Å². The zero-order valence-corrected chi connectivity index (χ0v) is 10.5. The van der Waals surface area contributed by atoms with E-state index in [0.717, 1.165) is 5.01 Å². The molecular formula is C9H14N4O3S. The van der Waals surface area contributed by atoms with E-state index < -0.39 is 5.97 Å². The van der Waals surface area contributed by atoms with Crippen LogP contribution in [0.1, 0.15) is 11.4 Å². The maximum atomic E-state index is 11.5. The van der Waals surface area contributed by atoms with E-state index >= 15 is 0 Å². The third-order valence-electron chi connectivity index (χ3n) is 1.89. The molecule has 0 saturated carbocycles. The van der Waals surface area contributed by atoms with Gasteiger partial charge in [-0.2, -0.15) is 0 Å². The number of amides is 1. The van der Waals surface area contributed by atoms with Crippen molar-refractivity contribution in [3.63, 3.8) is 0 Å². The van der Waals surface area contributed by atoms with Gasteiger partial charge in [0.1, 0.15) is 5.01 Å². The zero-order chi connectivity index (χ0) is 12.8. The smallest absolute Gasteiger partial charge is 0.304 e. The zero-order valence-electron chi connectivity index (χ0n) is 9.63. The number of carbonyl (C=O) groups is 2. The lowest BCUT2D eigenvalue weighted by atomic mass is 10.4. The lowest BCUT2D eigenvalue weighted by molar-refractivity contribution is -0.137. The molecule has 0 radical (unpaired) electrons. The number of carboxylic acid groups (broad SMARTS) is 1. The van der Waals surface area contributed by atoms with Crippen molar-refractivity contribution in [2.75, 3.05) is 25.5 Å². The second-order valence-corrected chi connectivity index (χ2v) is 4.74.